The lowest BCUT2D eigenvalue weighted by molar-refractivity contribution is 0.00150. The fourth-order valence-electron chi connectivity index (χ4n) is 0.891. The van der Waals surface area contributed by atoms with Crippen molar-refractivity contribution in [3.63, 3.8) is 0 Å². The van der Waals surface area contributed by atoms with Crippen LogP contribution in [-0.4, -0.2) is 64.4 Å². The molecule has 0 N–H and O–H groups in total. The van der Waals surface area contributed by atoms with E-state index in [1.54, 1.807) is 0 Å². The Kier molecular flexibility index (Phi) is 16.1. The topological polar surface area (TPSA) is 36.9 Å². The lowest BCUT2D eigenvalue weighted by Gasteiger charge is -2.06. The highest BCUT2D eigenvalue weighted by Gasteiger charge is 1.91. The zero-order valence-corrected chi connectivity index (χ0v) is 11.4. The Balaban J connectivity index is 2.83. The third-order valence-corrected chi connectivity index (χ3v) is 1.95. The minimum absolute atomic E-state index is 0.594. The van der Waals surface area contributed by atoms with Gasteiger partial charge >= 0.3 is 0 Å². The summed E-state index contributed by atoms with van der Waals surface area (Å²) in [5, 5.41) is 0. The van der Waals surface area contributed by atoms with Crippen molar-refractivity contribution in [2.45, 2.75) is 0 Å². The highest BCUT2D eigenvalue weighted by atomic mass is 32.1. The molecular formula is C10H22O4S2. The first-order chi connectivity index (χ1) is 7.91. The first-order valence-corrected chi connectivity index (χ1v) is 6.71. The number of hydrogen-bond donors (Lipinski definition) is 2. The van der Waals surface area contributed by atoms with Crippen molar-refractivity contribution < 1.29 is 18.9 Å². The van der Waals surface area contributed by atoms with Gasteiger partial charge in [-0.2, -0.15) is 25.3 Å². The van der Waals surface area contributed by atoms with E-state index in [9.17, 15) is 0 Å². The van der Waals surface area contributed by atoms with Crippen LogP contribution in [0, 0.1) is 0 Å². The molecule has 0 aromatic carbocycles. The van der Waals surface area contributed by atoms with Gasteiger partial charge in [-0.3, -0.25) is 0 Å². The van der Waals surface area contributed by atoms with Gasteiger partial charge < -0.3 is 18.9 Å². The molecular weight excluding hydrogens is 248 g/mol. The summed E-state index contributed by atoms with van der Waals surface area (Å²) in [6, 6.07) is 0. The van der Waals surface area contributed by atoms with Crippen molar-refractivity contribution in [3.8, 4) is 0 Å². The first kappa shape index (κ1) is 16.5. The Bertz CT molecular complexity index is 113. The fraction of sp³-hybridized carbons (Fsp3) is 1.00. The van der Waals surface area contributed by atoms with E-state index in [0.29, 0.717) is 52.9 Å². The Labute approximate surface area is 109 Å². The highest BCUT2D eigenvalue weighted by Crippen LogP contribution is 1.84. The lowest BCUT2D eigenvalue weighted by atomic mass is 10.7. The third kappa shape index (κ3) is 14.5. The number of hydrogen-bond acceptors (Lipinski definition) is 6. The van der Waals surface area contributed by atoms with Crippen LogP contribution in [0.25, 0.3) is 0 Å². The SMILES string of the molecule is SCCOCCOCCOCCOCCS. The summed E-state index contributed by atoms with van der Waals surface area (Å²) >= 11 is 8.05. The molecule has 0 fully saturated rings. The van der Waals surface area contributed by atoms with Gasteiger partial charge in [0.15, 0.2) is 0 Å². The summed E-state index contributed by atoms with van der Waals surface area (Å²) < 4.78 is 20.9. The van der Waals surface area contributed by atoms with Crippen molar-refractivity contribution in [3.05, 3.63) is 0 Å². The molecule has 0 aliphatic rings. The van der Waals surface area contributed by atoms with E-state index in [1.165, 1.54) is 0 Å². The normalized spacial score (nSPS) is 10.9. The maximum atomic E-state index is 5.28. The Morgan fingerprint density at radius 2 is 0.688 bits per heavy atom. The van der Waals surface area contributed by atoms with E-state index in [4.69, 9.17) is 18.9 Å². The predicted octanol–water partition coefficient (Wildman–Crippen LogP) is 0.912. The third-order valence-electron chi connectivity index (χ3n) is 1.59. The van der Waals surface area contributed by atoms with E-state index in [-0.39, 0.29) is 0 Å². The van der Waals surface area contributed by atoms with Crippen molar-refractivity contribution in [2.24, 2.45) is 0 Å². The van der Waals surface area contributed by atoms with Crippen molar-refractivity contribution in [1.29, 1.82) is 0 Å². The molecule has 0 saturated carbocycles. The van der Waals surface area contributed by atoms with Gasteiger partial charge in [-0.1, -0.05) is 0 Å². The standard InChI is InChI=1S/C10H22O4S2/c15-9-7-13-5-3-11-1-2-12-4-6-14-8-10-16/h15-16H,1-10H2. The molecule has 4 nitrogen and oxygen atoms in total. The van der Waals surface area contributed by atoms with Crippen LogP contribution >= 0.6 is 25.3 Å². The molecule has 0 aliphatic carbocycles. The Hall–Kier alpha value is 0.540. The molecule has 0 heterocycles. The molecule has 0 unspecified atom stereocenters. The second-order valence-corrected chi connectivity index (χ2v) is 3.79. The molecule has 0 aliphatic heterocycles. The van der Waals surface area contributed by atoms with E-state index in [2.05, 4.69) is 25.3 Å². The van der Waals surface area contributed by atoms with Gasteiger partial charge in [0.25, 0.3) is 0 Å². The van der Waals surface area contributed by atoms with Crippen LogP contribution in [-0.2, 0) is 18.9 Å². The molecule has 0 rings (SSSR count). The zero-order valence-electron chi connectivity index (χ0n) is 9.60. The van der Waals surface area contributed by atoms with Gasteiger partial charge in [0.05, 0.1) is 52.9 Å². The quantitative estimate of drug-likeness (QED) is 0.385. The van der Waals surface area contributed by atoms with Crippen LogP contribution in [0.15, 0.2) is 0 Å². The summed E-state index contributed by atoms with van der Waals surface area (Å²) in [6.07, 6.45) is 0. The molecule has 98 valence electrons. The average Bonchev–Trinajstić information content (AvgIpc) is 2.31. The summed E-state index contributed by atoms with van der Waals surface area (Å²) in [7, 11) is 0. The molecule has 0 spiro atoms. The van der Waals surface area contributed by atoms with E-state index < -0.39 is 0 Å². The number of ether oxygens (including phenoxy) is 4. The van der Waals surface area contributed by atoms with Gasteiger partial charge in [-0.25, -0.2) is 0 Å². The zero-order chi connectivity index (χ0) is 11.9. The average molecular weight is 270 g/mol. The second-order valence-electron chi connectivity index (χ2n) is 2.90. The second kappa shape index (κ2) is 15.5. The molecule has 0 aromatic rings. The molecule has 0 amide bonds. The number of rotatable bonds is 13. The Morgan fingerprint density at radius 1 is 0.438 bits per heavy atom. The van der Waals surface area contributed by atoms with E-state index in [0.717, 1.165) is 11.5 Å². The molecule has 0 saturated heterocycles. The largest absolute Gasteiger partial charge is 0.378 e. The molecule has 0 bridgehead atoms. The van der Waals surface area contributed by atoms with Gasteiger partial charge in [0.1, 0.15) is 0 Å². The minimum atomic E-state index is 0.594. The first-order valence-electron chi connectivity index (χ1n) is 5.44. The van der Waals surface area contributed by atoms with Crippen LogP contribution in [0.1, 0.15) is 0 Å². The molecule has 6 heteroatoms. The smallest absolute Gasteiger partial charge is 0.0701 e. The van der Waals surface area contributed by atoms with Gasteiger partial charge in [-0.05, 0) is 0 Å². The van der Waals surface area contributed by atoms with Crippen LogP contribution in [0.3, 0.4) is 0 Å². The fourth-order valence-corrected chi connectivity index (χ4v) is 1.15. The van der Waals surface area contributed by atoms with E-state index >= 15 is 0 Å². The summed E-state index contributed by atoms with van der Waals surface area (Å²) in [5.74, 6) is 1.49. The Morgan fingerprint density at radius 3 is 0.938 bits per heavy atom. The van der Waals surface area contributed by atoms with Crippen molar-refractivity contribution in [2.75, 3.05) is 64.4 Å². The minimum Gasteiger partial charge on any atom is -0.378 e. The van der Waals surface area contributed by atoms with Crippen LogP contribution in [0.5, 0.6) is 0 Å². The van der Waals surface area contributed by atoms with Crippen LogP contribution in [0.4, 0.5) is 0 Å². The number of thiol groups is 2. The maximum absolute atomic E-state index is 5.28. The van der Waals surface area contributed by atoms with Crippen LogP contribution in [0.2, 0.25) is 0 Å². The molecule has 0 aromatic heterocycles. The van der Waals surface area contributed by atoms with Gasteiger partial charge in [0, 0.05) is 11.5 Å². The van der Waals surface area contributed by atoms with Gasteiger partial charge in [-0.15, -0.1) is 0 Å². The van der Waals surface area contributed by atoms with Crippen LogP contribution < -0.4 is 0 Å². The molecule has 0 atom stereocenters. The summed E-state index contributed by atoms with van der Waals surface area (Å²) in [6.45, 7) is 4.97. The van der Waals surface area contributed by atoms with E-state index in [1.807, 2.05) is 0 Å². The monoisotopic (exact) mass is 270 g/mol. The highest BCUT2D eigenvalue weighted by molar-refractivity contribution is 7.80. The van der Waals surface area contributed by atoms with Crippen molar-refractivity contribution >= 4 is 25.3 Å². The summed E-state index contributed by atoms with van der Waals surface area (Å²) in [5.41, 5.74) is 0. The predicted molar refractivity (Wildman–Crippen MR) is 71.0 cm³/mol. The summed E-state index contributed by atoms with van der Waals surface area (Å²) in [4.78, 5) is 0. The van der Waals surface area contributed by atoms with Crippen molar-refractivity contribution in [1.82, 2.24) is 0 Å². The molecule has 16 heavy (non-hydrogen) atoms. The molecule has 0 radical (unpaired) electrons. The van der Waals surface area contributed by atoms with Gasteiger partial charge in [0.2, 0.25) is 0 Å². The lowest BCUT2D eigenvalue weighted by Crippen LogP contribution is -2.12. The maximum Gasteiger partial charge on any atom is 0.0701 e.